The molecule has 0 aliphatic rings. The van der Waals surface area contributed by atoms with Crippen molar-refractivity contribution in [3.05, 3.63) is 82.0 Å². The molecule has 0 atom stereocenters. The average molecular weight is 370 g/mol. The van der Waals surface area contributed by atoms with Gasteiger partial charge in [0.2, 0.25) is 0 Å². The van der Waals surface area contributed by atoms with Crippen molar-refractivity contribution in [2.75, 3.05) is 7.11 Å². The standard InChI is InChI=1S/C22H18N4O2/c1-14-20-13-24-26(17-9-7-16(12-23)8-10-17)22(27)21(20)15(2)25(14)18-5-4-6-19(11-18)28-3/h4-11,13H,1-3H3. The van der Waals surface area contributed by atoms with Gasteiger partial charge >= 0.3 is 0 Å². The summed E-state index contributed by atoms with van der Waals surface area (Å²) in [6.07, 6.45) is 1.72. The van der Waals surface area contributed by atoms with E-state index in [-0.39, 0.29) is 5.56 Å². The molecule has 0 saturated carbocycles. The molecule has 6 heteroatoms. The van der Waals surface area contributed by atoms with Crippen LogP contribution in [0.5, 0.6) is 5.75 Å². The fourth-order valence-corrected chi connectivity index (χ4v) is 3.56. The third kappa shape index (κ3) is 2.65. The lowest BCUT2D eigenvalue weighted by Crippen LogP contribution is -2.21. The average Bonchev–Trinajstić information content (AvgIpc) is 2.99. The number of aromatic nitrogens is 3. The van der Waals surface area contributed by atoms with Crippen LogP contribution in [0.15, 0.2) is 59.5 Å². The summed E-state index contributed by atoms with van der Waals surface area (Å²) in [6, 6.07) is 16.6. The molecular weight excluding hydrogens is 352 g/mol. The molecule has 0 N–H and O–H groups in total. The maximum Gasteiger partial charge on any atom is 0.281 e. The molecule has 0 bridgehead atoms. The second-order valence-corrected chi connectivity index (χ2v) is 6.52. The van der Waals surface area contributed by atoms with Crippen LogP contribution in [0, 0.1) is 25.2 Å². The van der Waals surface area contributed by atoms with E-state index in [1.807, 2.05) is 42.7 Å². The van der Waals surface area contributed by atoms with Crippen LogP contribution in [-0.2, 0) is 0 Å². The van der Waals surface area contributed by atoms with E-state index < -0.39 is 0 Å². The Bertz CT molecular complexity index is 1290. The fourth-order valence-electron chi connectivity index (χ4n) is 3.56. The maximum atomic E-state index is 13.2. The van der Waals surface area contributed by atoms with Gasteiger partial charge in [0, 0.05) is 28.5 Å². The van der Waals surface area contributed by atoms with Gasteiger partial charge in [0.25, 0.3) is 5.56 Å². The summed E-state index contributed by atoms with van der Waals surface area (Å²) in [5, 5.41) is 14.8. The van der Waals surface area contributed by atoms with Crippen molar-refractivity contribution >= 4 is 10.8 Å². The first kappa shape index (κ1) is 17.6. The molecule has 0 saturated heterocycles. The van der Waals surface area contributed by atoms with Gasteiger partial charge in [-0.15, -0.1) is 0 Å². The van der Waals surface area contributed by atoms with Gasteiger partial charge in [-0.1, -0.05) is 6.07 Å². The van der Waals surface area contributed by atoms with Crippen LogP contribution in [-0.4, -0.2) is 21.5 Å². The zero-order valence-electron chi connectivity index (χ0n) is 15.8. The summed E-state index contributed by atoms with van der Waals surface area (Å²) in [7, 11) is 1.63. The molecule has 0 unspecified atom stereocenters. The van der Waals surface area contributed by atoms with Crippen LogP contribution in [0.3, 0.4) is 0 Å². The van der Waals surface area contributed by atoms with E-state index in [1.54, 1.807) is 37.6 Å². The molecule has 4 rings (SSSR count). The Hall–Kier alpha value is -3.85. The van der Waals surface area contributed by atoms with Crippen LogP contribution < -0.4 is 10.3 Å². The quantitative estimate of drug-likeness (QED) is 0.551. The number of ether oxygens (including phenoxy) is 1. The number of aryl methyl sites for hydroxylation is 2. The summed E-state index contributed by atoms with van der Waals surface area (Å²) < 4.78 is 8.74. The van der Waals surface area contributed by atoms with Crippen LogP contribution in [0.25, 0.3) is 22.1 Å². The van der Waals surface area contributed by atoms with E-state index in [9.17, 15) is 4.79 Å². The summed E-state index contributed by atoms with van der Waals surface area (Å²) in [4.78, 5) is 13.2. The monoisotopic (exact) mass is 370 g/mol. The lowest BCUT2D eigenvalue weighted by molar-refractivity contribution is 0.414. The van der Waals surface area contributed by atoms with E-state index >= 15 is 0 Å². The minimum atomic E-state index is -0.190. The second kappa shape index (κ2) is 6.71. The lowest BCUT2D eigenvalue weighted by Gasteiger charge is -2.10. The molecule has 0 amide bonds. The van der Waals surface area contributed by atoms with E-state index in [2.05, 4.69) is 11.2 Å². The molecule has 0 radical (unpaired) electrons. The number of benzene rings is 2. The highest BCUT2D eigenvalue weighted by atomic mass is 16.5. The highest BCUT2D eigenvalue weighted by Crippen LogP contribution is 2.27. The topological polar surface area (TPSA) is 72.8 Å². The van der Waals surface area contributed by atoms with Crippen LogP contribution in [0.1, 0.15) is 17.0 Å². The molecule has 28 heavy (non-hydrogen) atoms. The third-order valence-corrected chi connectivity index (χ3v) is 4.95. The zero-order valence-corrected chi connectivity index (χ0v) is 15.8. The van der Waals surface area contributed by atoms with E-state index in [1.165, 1.54) is 4.68 Å². The summed E-state index contributed by atoms with van der Waals surface area (Å²) in [5.74, 6) is 0.752. The highest BCUT2D eigenvalue weighted by molar-refractivity contribution is 5.88. The molecule has 0 fully saturated rings. The summed E-state index contributed by atoms with van der Waals surface area (Å²) >= 11 is 0. The first-order valence-corrected chi connectivity index (χ1v) is 8.80. The number of fused-ring (bicyclic) bond motifs is 1. The molecule has 2 aromatic carbocycles. The Morgan fingerprint density at radius 1 is 1.04 bits per heavy atom. The predicted molar refractivity (Wildman–Crippen MR) is 107 cm³/mol. The first-order chi connectivity index (χ1) is 13.5. The Balaban J connectivity index is 1.95. The largest absolute Gasteiger partial charge is 0.497 e. The predicted octanol–water partition coefficient (Wildman–Crippen LogP) is 3.67. The van der Waals surface area contributed by atoms with Gasteiger partial charge in [0.05, 0.1) is 36.0 Å². The van der Waals surface area contributed by atoms with Gasteiger partial charge in [-0.2, -0.15) is 15.0 Å². The molecule has 6 nitrogen and oxygen atoms in total. The fraction of sp³-hybridized carbons (Fsp3) is 0.136. The van der Waals surface area contributed by atoms with Crippen LogP contribution in [0.2, 0.25) is 0 Å². The molecule has 0 aliphatic carbocycles. The number of nitriles is 1. The van der Waals surface area contributed by atoms with Crippen molar-refractivity contribution in [3.8, 4) is 23.2 Å². The van der Waals surface area contributed by atoms with Gasteiger partial charge in [-0.25, -0.2) is 0 Å². The molecule has 0 spiro atoms. The smallest absolute Gasteiger partial charge is 0.281 e. The Kier molecular flexibility index (Phi) is 4.21. The lowest BCUT2D eigenvalue weighted by atomic mass is 10.2. The summed E-state index contributed by atoms with van der Waals surface area (Å²) in [6.45, 7) is 3.90. The van der Waals surface area contributed by atoms with Crippen molar-refractivity contribution in [2.45, 2.75) is 13.8 Å². The maximum absolute atomic E-state index is 13.2. The zero-order chi connectivity index (χ0) is 19.8. The van der Waals surface area contributed by atoms with Gasteiger partial charge in [-0.05, 0) is 50.2 Å². The molecule has 138 valence electrons. The normalized spacial score (nSPS) is 10.8. The SMILES string of the molecule is COc1cccc(-n2c(C)c3cnn(-c4ccc(C#N)cc4)c(=O)c3c2C)c1. The number of methoxy groups -OCH3 is 1. The molecule has 0 aliphatic heterocycles. The summed E-state index contributed by atoms with van der Waals surface area (Å²) in [5.41, 5.74) is 3.68. The second-order valence-electron chi connectivity index (χ2n) is 6.52. The Labute approximate surface area is 161 Å². The third-order valence-electron chi connectivity index (χ3n) is 4.95. The van der Waals surface area contributed by atoms with E-state index in [0.717, 1.165) is 28.2 Å². The van der Waals surface area contributed by atoms with Gasteiger partial charge < -0.3 is 9.30 Å². The molecular formula is C22H18N4O2. The van der Waals surface area contributed by atoms with Gasteiger partial charge in [0.1, 0.15) is 5.75 Å². The van der Waals surface area contributed by atoms with E-state index in [4.69, 9.17) is 10.00 Å². The molecule has 2 aromatic heterocycles. The number of hydrogen-bond donors (Lipinski definition) is 0. The van der Waals surface area contributed by atoms with Gasteiger partial charge in [-0.3, -0.25) is 4.79 Å². The van der Waals surface area contributed by atoms with Crippen LogP contribution in [0.4, 0.5) is 0 Å². The number of nitrogens with zero attached hydrogens (tertiary/aromatic N) is 4. The minimum Gasteiger partial charge on any atom is -0.497 e. The molecule has 4 aromatic rings. The van der Waals surface area contributed by atoms with Crippen molar-refractivity contribution in [2.24, 2.45) is 0 Å². The van der Waals surface area contributed by atoms with Crippen molar-refractivity contribution in [1.29, 1.82) is 5.26 Å². The molecule has 2 heterocycles. The first-order valence-electron chi connectivity index (χ1n) is 8.80. The van der Waals surface area contributed by atoms with Crippen molar-refractivity contribution in [1.82, 2.24) is 14.3 Å². The Morgan fingerprint density at radius 2 is 1.79 bits per heavy atom. The van der Waals surface area contributed by atoms with Gasteiger partial charge in [0.15, 0.2) is 0 Å². The van der Waals surface area contributed by atoms with Crippen molar-refractivity contribution < 1.29 is 4.74 Å². The minimum absolute atomic E-state index is 0.190. The number of hydrogen-bond acceptors (Lipinski definition) is 4. The van der Waals surface area contributed by atoms with Crippen molar-refractivity contribution in [3.63, 3.8) is 0 Å². The van der Waals surface area contributed by atoms with E-state index in [0.29, 0.717) is 16.6 Å². The highest BCUT2D eigenvalue weighted by Gasteiger charge is 2.18. The van der Waals surface area contributed by atoms with Crippen LogP contribution >= 0.6 is 0 Å². The number of rotatable bonds is 3. The Morgan fingerprint density at radius 3 is 2.46 bits per heavy atom.